The molecule has 0 aliphatic rings. The highest BCUT2D eigenvalue weighted by Gasteiger charge is 2.47. The minimum absolute atomic E-state index is 0.275. The van der Waals surface area contributed by atoms with Gasteiger partial charge in [-0.15, -0.1) is 0 Å². The quantitative estimate of drug-likeness (QED) is 0.136. The largest absolute Gasteiger partial charge is 0.336 e. The van der Waals surface area contributed by atoms with E-state index in [2.05, 4.69) is 58.3 Å². The van der Waals surface area contributed by atoms with Crippen molar-refractivity contribution < 1.29 is 9.47 Å². The minimum Gasteiger partial charge on any atom is -0.336 e. The van der Waals surface area contributed by atoms with Crippen LogP contribution in [0.1, 0.15) is 119 Å². The molecule has 0 aliphatic carbocycles. The summed E-state index contributed by atoms with van der Waals surface area (Å²) in [6.07, 6.45) is 13.9. The second kappa shape index (κ2) is 19.5. The smallest absolute Gasteiger partial charge is 0.246 e. The van der Waals surface area contributed by atoms with E-state index in [1.54, 1.807) is 0 Å². The van der Waals surface area contributed by atoms with Crippen molar-refractivity contribution in [3.05, 3.63) is 0 Å². The van der Waals surface area contributed by atoms with Gasteiger partial charge in [0.05, 0.1) is 6.04 Å². The Kier molecular flexibility index (Phi) is 19.4. The number of likely N-dealkylation sites (N-methyl/N-ethyl adjacent to an activating group) is 2. The maximum atomic E-state index is 6.60. The lowest BCUT2D eigenvalue weighted by atomic mass is 9.99. The van der Waals surface area contributed by atoms with Crippen molar-refractivity contribution in [2.75, 3.05) is 39.4 Å². The summed E-state index contributed by atoms with van der Waals surface area (Å²) in [5.74, 6) is -0.638. The molecule has 0 heterocycles. The van der Waals surface area contributed by atoms with Gasteiger partial charge in [-0.3, -0.25) is 9.80 Å². The second-order valence-electron chi connectivity index (χ2n) is 8.48. The molecule has 4 heteroatoms. The van der Waals surface area contributed by atoms with Crippen LogP contribution < -0.4 is 0 Å². The Morgan fingerprint density at radius 3 is 1.63 bits per heavy atom. The maximum absolute atomic E-state index is 6.60. The zero-order chi connectivity index (χ0) is 22.7. The number of unbranched alkanes of at least 4 members (excludes halogenated alkanes) is 7. The van der Waals surface area contributed by atoms with E-state index in [1.807, 2.05) is 0 Å². The van der Waals surface area contributed by atoms with E-state index >= 15 is 0 Å². The average Bonchev–Trinajstić information content (AvgIpc) is 2.75. The first kappa shape index (κ1) is 29.8. The van der Waals surface area contributed by atoms with Crippen LogP contribution in [0.2, 0.25) is 0 Å². The van der Waals surface area contributed by atoms with Crippen LogP contribution in [-0.2, 0) is 9.47 Å². The van der Waals surface area contributed by atoms with Gasteiger partial charge in [-0.1, -0.05) is 86.0 Å². The van der Waals surface area contributed by atoms with E-state index in [0.717, 1.165) is 32.6 Å². The van der Waals surface area contributed by atoms with Gasteiger partial charge in [0, 0.05) is 26.3 Å². The molecule has 0 amide bonds. The summed E-state index contributed by atoms with van der Waals surface area (Å²) in [7, 11) is 0. The Bertz CT molecular complexity index is 359. The Hall–Kier alpha value is -0.160. The normalized spacial score (nSPS) is 13.5. The van der Waals surface area contributed by atoms with Crippen molar-refractivity contribution >= 4 is 0 Å². The van der Waals surface area contributed by atoms with Crippen LogP contribution in [0, 0.1) is 0 Å². The molecule has 1 atom stereocenters. The maximum Gasteiger partial charge on any atom is 0.246 e. The molecule has 0 bridgehead atoms. The number of nitrogens with zero attached hydrogens (tertiary/aromatic N) is 2. The SMILES string of the molecule is CCCCCCCCC(N(CC)CCCC)C(OCC)(OCC)N(CC)CCCC. The Labute approximate surface area is 190 Å². The first-order valence-electron chi connectivity index (χ1n) is 13.4. The molecule has 0 aromatic rings. The summed E-state index contributed by atoms with van der Waals surface area (Å²) >= 11 is 0. The zero-order valence-corrected chi connectivity index (χ0v) is 21.8. The van der Waals surface area contributed by atoms with E-state index in [0.29, 0.717) is 13.2 Å². The molecule has 0 aromatic carbocycles. The number of ether oxygens (including phenoxy) is 2. The number of hydrogen-bond donors (Lipinski definition) is 0. The van der Waals surface area contributed by atoms with Crippen LogP contribution in [0.4, 0.5) is 0 Å². The van der Waals surface area contributed by atoms with Crippen molar-refractivity contribution in [2.45, 2.75) is 131 Å². The summed E-state index contributed by atoms with van der Waals surface area (Å²) in [5.41, 5.74) is 0. The molecule has 0 aliphatic heterocycles. The first-order chi connectivity index (χ1) is 14.6. The predicted octanol–water partition coefficient (Wildman–Crippen LogP) is 7.08. The van der Waals surface area contributed by atoms with Crippen LogP contribution >= 0.6 is 0 Å². The van der Waals surface area contributed by atoms with Gasteiger partial charge in [0.2, 0.25) is 5.91 Å². The molecule has 0 saturated heterocycles. The molecule has 0 radical (unpaired) electrons. The van der Waals surface area contributed by atoms with Crippen molar-refractivity contribution in [1.29, 1.82) is 0 Å². The molecule has 30 heavy (non-hydrogen) atoms. The standard InChI is InChI=1S/C26H56N2O2/c1-8-15-18-19-20-21-22-25(27(11-4)23-16-9-2)26(29-13-6,30-14-7)28(12-5)24-17-10-3/h25H,8-24H2,1-7H3. The number of hydrogen-bond acceptors (Lipinski definition) is 4. The van der Waals surface area contributed by atoms with E-state index in [9.17, 15) is 0 Å². The Balaban J connectivity index is 5.75. The monoisotopic (exact) mass is 428 g/mol. The average molecular weight is 429 g/mol. The molecule has 0 rings (SSSR count). The van der Waals surface area contributed by atoms with Gasteiger partial charge in [0.25, 0.3) is 0 Å². The fourth-order valence-corrected chi connectivity index (χ4v) is 4.53. The first-order valence-corrected chi connectivity index (χ1v) is 13.4. The molecule has 4 nitrogen and oxygen atoms in total. The van der Waals surface area contributed by atoms with Gasteiger partial charge in [-0.25, -0.2) is 0 Å². The van der Waals surface area contributed by atoms with Crippen LogP contribution in [0.25, 0.3) is 0 Å². The molecule has 1 unspecified atom stereocenters. The molecule has 0 N–H and O–H groups in total. The highest BCUT2D eigenvalue weighted by Crippen LogP contribution is 2.32. The fourth-order valence-electron chi connectivity index (χ4n) is 4.53. The summed E-state index contributed by atoms with van der Waals surface area (Å²) < 4.78 is 13.2. The van der Waals surface area contributed by atoms with E-state index in [4.69, 9.17) is 9.47 Å². The summed E-state index contributed by atoms with van der Waals surface area (Å²) in [6, 6.07) is 0.275. The van der Waals surface area contributed by atoms with E-state index in [-0.39, 0.29) is 6.04 Å². The number of rotatable bonds is 22. The third-order valence-corrected chi connectivity index (χ3v) is 6.20. The van der Waals surface area contributed by atoms with Gasteiger partial charge in [0.15, 0.2) is 0 Å². The molecular weight excluding hydrogens is 372 g/mol. The van der Waals surface area contributed by atoms with E-state index < -0.39 is 5.91 Å². The van der Waals surface area contributed by atoms with Gasteiger partial charge >= 0.3 is 0 Å². The lowest BCUT2D eigenvalue weighted by Gasteiger charge is -2.50. The molecule has 0 fully saturated rings. The van der Waals surface area contributed by atoms with Gasteiger partial charge in [-0.05, 0) is 46.2 Å². The van der Waals surface area contributed by atoms with Crippen molar-refractivity contribution in [3.8, 4) is 0 Å². The Morgan fingerprint density at radius 2 is 1.13 bits per heavy atom. The lowest BCUT2D eigenvalue weighted by molar-refractivity contribution is -0.343. The molecular formula is C26H56N2O2. The van der Waals surface area contributed by atoms with E-state index in [1.165, 1.54) is 64.2 Å². The van der Waals surface area contributed by atoms with Gasteiger partial charge in [-0.2, -0.15) is 0 Å². The van der Waals surface area contributed by atoms with Crippen molar-refractivity contribution in [2.24, 2.45) is 0 Å². The fraction of sp³-hybridized carbons (Fsp3) is 1.00. The summed E-state index contributed by atoms with van der Waals surface area (Å²) in [5, 5.41) is 0. The third kappa shape index (κ3) is 10.4. The Morgan fingerprint density at radius 1 is 0.600 bits per heavy atom. The molecule has 0 aromatic heterocycles. The van der Waals surface area contributed by atoms with Crippen LogP contribution in [0.5, 0.6) is 0 Å². The molecule has 0 spiro atoms. The highest BCUT2D eigenvalue weighted by molar-refractivity contribution is 4.88. The van der Waals surface area contributed by atoms with Gasteiger partial charge in [0.1, 0.15) is 0 Å². The topological polar surface area (TPSA) is 24.9 Å². The van der Waals surface area contributed by atoms with Crippen LogP contribution in [0.15, 0.2) is 0 Å². The lowest BCUT2D eigenvalue weighted by Crippen LogP contribution is -2.65. The van der Waals surface area contributed by atoms with Crippen molar-refractivity contribution in [3.63, 3.8) is 0 Å². The third-order valence-electron chi connectivity index (χ3n) is 6.20. The second-order valence-corrected chi connectivity index (χ2v) is 8.48. The highest BCUT2D eigenvalue weighted by atomic mass is 16.7. The van der Waals surface area contributed by atoms with Crippen LogP contribution in [-0.4, -0.2) is 61.1 Å². The minimum atomic E-state index is -0.638. The van der Waals surface area contributed by atoms with Crippen molar-refractivity contribution in [1.82, 2.24) is 9.80 Å². The van der Waals surface area contributed by atoms with Gasteiger partial charge < -0.3 is 9.47 Å². The molecule has 182 valence electrons. The molecule has 0 saturated carbocycles. The summed E-state index contributed by atoms with van der Waals surface area (Å²) in [4.78, 5) is 5.13. The zero-order valence-electron chi connectivity index (χ0n) is 21.8. The predicted molar refractivity (Wildman–Crippen MR) is 132 cm³/mol. The summed E-state index contributed by atoms with van der Waals surface area (Å²) in [6.45, 7) is 21.2. The van der Waals surface area contributed by atoms with Crippen LogP contribution in [0.3, 0.4) is 0 Å².